The van der Waals surface area contributed by atoms with Crippen LogP contribution in [0.25, 0.3) is 5.69 Å². The number of methoxy groups -OCH3 is 1. The third kappa shape index (κ3) is 4.72. The maximum Gasteiger partial charge on any atom is 0.257 e. The fraction of sp³-hybridized carbons (Fsp3) is 0.261. The molecular weight excluding hydrogens is 416 g/mol. The number of carbonyl (C=O) groups excluding carboxylic acids is 2. The number of carbonyl (C=O) groups is 2. The summed E-state index contributed by atoms with van der Waals surface area (Å²) in [7, 11) is 1.52. The molecule has 0 saturated carbocycles. The summed E-state index contributed by atoms with van der Waals surface area (Å²) in [6.45, 7) is 0.982. The molecule has 1 N–H and O–H groups in total. The van der Waals surface area contributed by atoms with Gasteiger partial charge in [0.05, 0.1) is 18.4 Å². The molecule has 160 valence electrons. The lowest BCUT2D eigenvalue weighted by Crippen LogP contribution is -2.41. The van der Waals surface area contributed by atoms with E-state index in [1.165, 1.54) is 7.11 Å². The van der Waals surface area contributed by atoms with Crippen molar-refractivity contribution in [2.45, 2.75) is 12.8 Å². The first-order valence-corrected chi connectivity index (χ1v) is 10.5. The smallest absolute Gasteiger partial charge is 0.257 e. The SMILES string of the molecule is COc1ccc(Cl)cc1C(=O)N1CCC(C(=O)Nc2ccn(-c3ccccc3)n2)CC1. The summed E-state index contributed by atoms with van der Waals surface area (Å²) in [6, 6.07) is 16.5. The monoisotopic (exact) mass is 438 g/mol. The van der Waals surface area contributed by atoms with E-state index in [9.17, 15) is 9.59 Å². The number of nitrogens with zero attached hydrogens (tertiary/aromatic N) is 3. The highest BCUT2D eigenvalue weighted by molar-refractivity contribution is 6.31. The molecule has 1 aliphatic rings. The maximum atomic E-state index is 12.9. The van der Waals surface area contributed by atoms with E-state index in [-0.39, 0.29) is 17.7 Å². The molecule has 0 spiro atoms. The Balaban J connectivity index is 1.35. The summed E-state index contributed by atoms with van der Waals surface area (Å²) in [5, 5.41) is 7.79. The van der Waals surface area contributed by atoms with Crippen molar-refractivity contribution >= 4 is 29.2 Å². The van der Waals surface area contributed by atoms with Gasteiger partial charge in [-0.2, -0.15) is 5.10 Å². The van der Waals surface area contributed by atoms with Crippen molar-refractivity contribution in [3.8, 4) is 11.4 Å². The number of benzene rings is 2. The summed E-state index contributed by atoms with van der Waals surface area (Å²) in [5.74, 6) is 0.608. The third-order valence-corrected chi connectivity index (χ3v) is 5.64. The van der Waals surface area contributed by atoms with E-state index in [4.69, 9.17) is 16.3 Å². The van der Waals surface area contributed by atoms with E-state index in [2.05, 4.69) is 10.4 Å². The number of likely N-dealkylation sites (tertiary alicyclic amines) is 1. The predicted molar refractivity (Wildman–Crippen MR) is 119 cm³/mol. The van der Waals surface area contributed by atoms with E-state index in [1.54, 1.807) is 33.8 Å². The maximum absolute atomic E-state index is 12.9. The van der Waals surface area contributed by atoms with Gasteiger partial charge in [0.2, 0.25) is 5.91 Å². The van der Waals surface area contributed by atoms with E-state index in [0.29, 0.717) is 48.1 Å². The van der Waals surface area contributed by atoms with Gasteiger partial charge in [-0.25, -0.2) is 4.68 Å². The van der Waals surface area contributed by atoms with Gasteiger partial charge in [0.1, 0.15) is 5.75 Å². The van der Waals surface area contributed by atoms with Gasteiger partial charge in [-0.15, -0.1) is 0 Å². The second-order valence-electron chi connectivity index (χ2n) is 7.38. The van der Waals surface area contributed by atoms with Crippen LogP contribution in [0.3, 0.4) is 0 Å². The van der Waals surface area contributed by atoms with Gasteiger partial charge in [-0.3, -0.25) is 9.59 Å². The number of para-hydroxylation sites is 1. The molecule has 8 heteroatoms. The average molecular weight is 439 g/mol. The van der Waals surface area contributed by atoms with E-state index < -0.39 is 0 Å². The number of aromatic nitrogens is 2. The predicted octanol–water partition coefficient (Wildman–Crippen LogP) is 4.03. The Morgan fingerprint density at radius 2 is 1.84 bits per heavy atom. The third-order valence-electron chi connectivity index (χ3n) is 5.41. The Bertz CT molecular complexity index is 1080. The molecular formula is C23H23ClN4O3. The molecule has 0 bridgehead atoms. The first-order chi connectivity index (χ1) is 15.0. The molecule has 0 aliphatic carbocycles. The molecule has 0 atom stereocenters. The first-order valence-electron chi connectivity index (χ1n) is 10.1. The van der Waals surface area contributed by atoms with E-state index in [0.717, 1.165) is 5.69 Å². The first kappa shape index (κ1) is 20.9. The van der Waals surface area contributed by atoms with Crippen LogP contribution in [0.4, 0.5) is 5.82 Å². The van der Waals surface area contributed by atoms with Crippen LogP contribution >= 0.6 is 11.6 Å². The number of rotatable bonds is 5. The molecule has 2 amide bonds. The van der Waals surface area contributed by atoms with Crippen LogP contribution in [0.5, 0.6) is 5.75 Å². The number of amides is 2. The van der Waals surface area contributed by atoms with Gasteiger partial charge in [0.25, 0.3) is 5.91 Å². The van der Waals surface area contributed by atoms with Gasteiger partial charge in [0, 0.05) is 36.3 Å². The fourth-order valence-electron chi connectivity index (χ4n) is 3.71. The molecule has 1 aliphatic heterocycles. The van der Waals surface area contributed by atoms with Crippen LogP contribution in [-0.4, -0.2) is 46.7 Å². The molecule has 2 heterocycles. The molecule has 7 nitrogen and oxygen atoms in total. The molecule has 3 aromatic rings. The number of piperidine rings is 1. The highest BCUT2D eigenvalue weighted by atomic mass is 35.5. The minimum absolute atomic E-state index is 0.0780. The van der Waals surface area contributed by atoms with Gasteiger partial charge in [0.15, 0.2) is 5.82 Å². The Morgan fingerprint density at radius 1 is 1.10 bits per heavy atom. The molecule has 31 heavy (non-hydrogen) atoms. The summed E-state index contributed by atoms with van der Waals surface area (Å²) in [6.07, 6.45) is 2.98. The zero-order chi connectivity index (χ0) is 21.8. The van der Waals surface area contributed by atoms with Crippen LogP contribution in [0.2, 0.25) is 5.02 Å². The minimum atomic E-state index is -0.174. The summed E-state index contributed by atoms with van der Waals surface area (Å²) in [4.78, 5) is 27.4. The summed E-state index contributed by atoms with van der Waals surface area (Å²) >= 11 is 6.05. The topological polar surface area (TPSA) is 76.5 Å². The average Bonchev–Trinajstić information content (AvgIpc) is 3.27. The minimum Gasteiger partial charge on any atom is -0.496 e. The van der Waals surface area contributed by atoms with Gasteiger partial charge < -0.3 is 15.0 Å². The molecule has 4 rings (SSSR count). The molecule has 1 saturated heterocycles. The lowest BCUT2D eigenvalue weighted by atomic mass is 9.95. The highest BCUT2D eigenvalue weighted by Gasteiger charge is 2.29. The number of hydrogen-bond acceptors (Lipinski definition) is 4. The van der Waals surface area contributed by atoms with Gasteiger partial charge in [-0.1, -0.05) is 29.8 Å². The van der Waals surface area contributed by atoms with Crippen molar-refractivity contribution in [1.29, 1.82) is 0 Å². The number of halogens is 1. The van der Waals surface area contributed by atoms with Crippen LogP contribution in [0.1, 0.15) is 23.2 Å². The number of anilines is 1. The lowest BCUT2D eigenvalue weighted by molar-refractivity contribution is -0.121. The Morgan fingerprint density at radius 3 is 2.55 bits per heavy atom. The number of nitrogens with one attached hydrogen (secondary N) is 1. The Hall–Kier alpha value is -3.32. The van der Waals surface area contributed by atoms with Gasteiger partial charge in [-0.05, 0) is 43.2 Å². The number of hydrogen-bond donors (Lipinski definition) is 1. The standard InChI is InChI=1S/C23H23ClN4O3/c1-31-20-8-7-17(24)15-19(20)23(30)27-12-9-16(10-13-27)22(29)25-21-11-14-28(26-21)18-5-3-2-4-6-18/h2-8,11,14-16H,9-10,12-13H2,1H3,(H,25,26,29). The zero-order valence-corrected chi connectivity index (χ0v) is 17.9. The molecule has 1 fully saturated rings. The van der Waals surface area contributed by atoms with Crippen LogP contribution in [-0.2, 0) is 4.79 Å². The highest BCUT2D eigenvalue weighted by Crippen LogP contribution is 2.27. The van der Waals surface area contributed by atoms with Crippen molar-refractivity contribution in [2.24, 2.45) is 5.92 Å². The second kappa shape index (κ2) is 9.22. The molecule has 2 aromatic carbocycles. The van der Waals surface area contributed by atoms with Crippen LogP contribution < -0.4 is 10.1 Å². The van der Waals surface area contributed by atoms with Crippen molar-refractivity contribution < 1.29 is 14.3 Å². The second-order valence-corrected chi connectivity index (χ2v) is 7.82. The van der Waals surface area contributed by atoms with Gasteiger partial charge >= 0.3 is 0 Å². The lowest BCUT2D eigenvalue weighted by Gasteiger charge is -2.31. The fourth-order valence-corrected chi connectivity index (χ4v) is 3.88. The molecule has 0 radical (unpaired) electrons. The van der Waals surface area contributed by atoms with E-state index in [1.807, 2.05) is 36.5 Å². The zero-order valence-electron chi connectivity index (χ0n) is 17.1. The Labute approximate surface area is 185 Å². The van der Waals surface area contributed by atoms with Crippen molar-refractivity contribution in [1.82, 2.24) is 14.7 Å². The normalized spacial score (nSPS) is 14.3. The summed E-state index contributed by atoms with van der Waals surface area (Å²) in [5.41, 5.74) is 1.36. The van der Waals surface area contributed by atoms with Crippen molar-refractivity contribution in [3.05, 3.63) is 71.4 Å². The number of ether oxygens (including phenoxy) is 1. The quantitative estimate of drug-likeness (QED) is 0.652. The largest absolute Gasteiger partial charge is 0.496 e. The Kier molecular flexibility index (Phi) is 6.23. The van der Waals surface area contributed by atoms with Crippen molar-refractivity contribution in [2.75, 3.05) is 25.5 Å². The molecule has 0 unspecified atom stereocenters. The van der Waals surface area contributed by atoms with Crippen LogP contribution in [0, 0.1) is 5.92 Å². The van der Waals surface area contributed by atoms with Crippen molar-refractivity contribution in [3.63, 3.8) is 0 Å². The van der Waals surface area contributed by atoms with E-state index >= 15 is 0 Å². The summed E-state index contributed by atoms with van der Waals surface area (Å²) < 4.78 is 7.01. The van der Waals surface area contributed by atoms with Crippen LogP contribution in [0.15, 0.2) is 60.8 Å². The molecule has 1 aromatic heterocycles.